The average molecular weight is 447 g/mol. The number of fused-ring (bicyclic) bond motifs is 3. The number of halogens is 2. The molecule has 2 amide bonds. The molecule has 3 aromatic rings. The van der Waals surface area contributed by atoms with Gasteiger partial charge in [-0.05, 0) is 36.8 Å². The van der Waals surface area contributed by atoms with E-state index in [1.165, 1.54) is 0 Å². The summed E-state index contributed by atoms with van der Waals surface area (Å²) in [5.74, 6) is 0.0579. The normalized spacial score (nSPS) is 15.6. The van der Waals surface area contributed by atoms with Crippen molar-refractivity contribution >= 4 is 57.7 Å². The van der Waals surface area contributed by atoms with Crippen LogP contribution in [0, 0.1) is 0 Å². The molecular weight excluding hydrogens is 427 g/mol. The Labute approximate surface area is 183 Å². The average Bonchev–Trinajstić information content (AvgIpc) is 3.21. The lowest BCUT2D eigenvalue weighted by Gasteiger charge is -2.16. The number of anilines is 2. The van der Waals surface area contributed by atoms with Crippen LogP contribution in [0.2, 0.25) is 10.0 Å². The summed E-state index contributed by atoms with van der Waals surface area (Å²) in [4.78, 5) is 32.2. The highest BCUT2D eigenvalue weighted by atomic mass is 35.5. The van der Waals surface area contributed by atoms with Gasteiger partial charge < -0.3 is 10.1 Å². The van der Waals surface area contributed by atoms with E-state index in [2.05, 4.69) is 10.3 Å². The van der Waals surface area contributed by atoms with Crippen molar-refractivity contribution in [1.82, 2.24) is 9.55 Å². The summed E-state index contributed by atoms with van der Waals surface area (Å²) in [5.41, 5.74) is 2.00. The van der Waals surface area contributed by atoms with Crippen molar-refractivity contribution in [1.29, 1.82) is 0 Å². The Morgan fingerprint density at radius 2 is 2.03 bits per heavy atom. The van der Waals surface area contributed by atoms with Crippen molar-refractivity contribution < 1.29 is 14.3 Å². The van der Waals surface area contributed by atoms with Gasteiger partial charge in [0.15, 0.2) is 0 Å². The Hall–Kier alpha value is -2.61. The van der Waals surface area contributed by atoms with Crippen molar-refractivity contribution in [2.24, 2.45) is 0 Å². The van der Waals surface area contributed by atoms with Crippen LogP contribution < -0.4 is 10.2 Å². The molecule has 1 aromatic heterocycles. The van der Waals surface area contributed by atoms with Gasteiger partial charge in [0.2, 0.25) is 11.9 Å². The number of carbonyl (C=O) groups excluding carboxylic acids is 2. The van der Waals surface area contributed by atoms with E-state index in [-0.39, 0.29) is 18.2 Å². The maximum atomic E-state index is 13.2. The topological polar surface area (TPSA) is 76.5 Å². The van der Waals surface area contributed by atoms with Crippen LogP contribution in [0.3, 0.4) is 0 Å². The monoisotopic (exact) mass is 446 g/mol. The number of ether oxygens (including phenoxy) is 1. The van der Waals surface area contributed by atoms with Crippen molar-refractivity contribution in [2.45, 2.75) is 18.9 Å². The fraction of sp³-hybridized carbons (Fsp3) is 0.286. The summed E-state index contributed by atoms with van der Waals surface area (Å²) < 4.78 is 6.95. The Balaban J connectivity index is 1.62. The van der Waals surface area contributed by atoms with Crippen molar-refractivity contribution in [3.05, 3.63) is 52.5 Å². The van der Waals surface area contributed by atoms with Gasteiger partial charge in [-0.25, -0.2) is 4.98 Å². The van der Waals surface area contributed by atoms with E-state index in [0.717, 1.165) is 11.0 Å². The molecule has 0 aliphatic carbocycles. The first-order valence-corrected chi connectivity index (χ1v) is 10.3. The number of aromatic nitrogens is 2. The van der Waals surface area contributed by atoms with Crippen LogP contribution in [0.5, 0.6) is 0 Å². The molecule has 2 heterocycles. The standard InChI is InChI=1S/C21H20Cl2N4O3/c1-30-10-4-9-26-20(29)18(27-17-6-3-2-5-15(17)25-21(26)27)12-19(28)24-16-11-13(22)7-8-14(16)23/h2-3,5-8,11,18H,4,9-10,12H2,1H3,(H,24,28)/t18-/m0/s1. The predicted octanol–water partition coefficient (Wildman–Crippen LogP) is 4.30. The fourth-order valence-electron chi connectivity index (χ4n) is 3.64. The number of carbonyl (C=O) groups is 2. The van der Waals surface area contributed by atoms with Crippen LogP contribution in [0.4, 0.5) is 11.6 Å². The van der Waals surface area contributed by atoms with Crippen molar-refractivity contribution in [2.75, 3.05) is 30.5 Å². The second-order valence-corrected chi connectivity index (χ2v) is 7.84. The van der Waals surface area contributed by atoms with Gasteiger partial charge in [-0.3, -0.25) is 19.1 Å². The number of nitrogens with zero attached hydrogens (tertiary/aromatic N) is 3. The van der Waals surface area contributed by atoms with E-state index in [1.807, 2.05) is 28.8 Å². The Morgan fingerprint density at radius 3 is 2.83 bits per heavy atom. The molecule has 0 fully saturated rings. The lowest BCUT2D eigenvalue weighted by atomic mass is 10.1. The SMILES string of the molecule is COCCCN1C(=O)[C@H](CC(=O)Nc2cc(Cl)ccc2Cl)n2c1nc1ccccc12. The quantitative estimate of drug-likeness (QED) is 0.548. The minimum Gasteiger partial charge on any atom is -0.385 e. The van der Waals surface area contributed by atoms with E-state index in [1.54, 1.807) is 30.2 Å². The highest BCUT2D eigenvalue weighted by molar-refractivity contribution is 6.35. The molecule has 7 nitrogen and oxygen atoms in total. The molecule has 30 heavy (non-hydrogen) atoms. The lowest BCUT2D eigenvalue weighted by Crippen LogP contribution is -2.32. The van der Waals surface area contributed by atoms with Crippen LogP contribution >= 0.6 is 23.2 Å². The smallest absolute Gasteiger partial charge is 0.253 e. The number of nitrogens with one attached hydrogen (secondary N) is 1. The van der Waals surface area contributed by atoms with Gasteiger partial charge in [-0.1, -0.05) is 35.3 Å². The number of hydrogen-bond acceptors (Lipinski definition) is 4. The molecule has 1 aliphatic heterocycles. The fourth-order valence-corrected chi connectivity index (χ4v) is 3.98. The summed E-state index contributed by atoms with van der Waals surface area (Å²) in [6.45, 7) is 0.997. The summed E-state index contributed by atoms with van der Waals surface area (Å²) in [5, 5.41) is 3.59. The Bertz CT molecular complexity index is 1110. The summed E-state index contributed by atoms with van der Waals surface area (Å²) in [7, 11) is 1.62. The molecule has 0 saturated heterocycles. The maximum absolute atomic E-state index is 13.2. The zero-order valence-corrected chi connectivity index (χ0v) is 17.8. The van der Waals surface area contributed by atoms with Gasteiger partial charge in [0.25, 0.3) is 5.91 Å². The van der Waals surface area contributed by atoms with Crippen molar-refractivity contribution in [3.8, 4) is 0 Å². The Morgan fingerprint density at radius 1 is 1.23 bits per heavy atom. The highest BCUT2D eigenvalue weighted by Crippen LogP contribution is 2.37. The molecular formula is C21H20Cl2N4O3. The lowest BCUT2D eigenvalue weighted by molar-refractivity contribution is -0.124. The van der Waals surface area contributed by atoms with Crippen LogP contribution in [0.1, 0.15) is 18.9 Å². The molecule has 4 rings (SSSR count). The molecule has 0 spiro atoms. The molecule has 0 bridgehead atoms. The number of benzene rings is 2. The second-order valence-electron chi connectivity index (χ2n) is 7.00. The van der Waals surface area contributed by atoms with Crippen LogP contribution in [-0.4, -0.2) is 41.6 Å². The molecule has 9 heteroatoms. The number of imidazole rings is 1. The van der Waals surface area contributed by atoms with E-state index >= 15 is 0 Å². The van der Waals surface area contributed by atoms with Gasteiger partial charge in [-0.2, -0.15) is 0 Å². The molecule has 1 aliphatic rings. The van der Waals surface area contributed by atoms with E-state index in [9.17, 15) is 9.59 Å². The van der Waals surface area contributed by atoms with E-state index < -0.39 is 6.04 Å². The Kier molecular flexibility index (Phi) is 5.94. The van der Waals surface area contributed by atoms with E-state index in [0.29, 0.717) is 41.3 Å². The number of rotatable bonds is 7. The van der Waals surface area contributed by atoms with E-state index in [4.69, 9.17) is 27.9 Å². The molecule has 0 saturated carbocycles. The van der Waals surface area contributed by atoms with Crippen LogP contribution in [-0.2, 0) is 14.3 Å². The third-order valence-electron chi connectivity index (χ3n) is 4.99. The zero-order valence-electron chi connectivity index (χ0n) is 16.3. The maximum Gasteiger partial charge on any atom is 0.253 e. The summed E-state index contributed by atoms with van der Waals surface area (Å²) in [6, 6.07) is 11.7. The van der Waals surface area contributed by atoms with Gasteiger partial charge in [-0.15, -0.1) is 0 Å². The second kappa shape index (κ2) is 8.63. The largest absolute Gasteiger partial charge is 0.385 e. The predicted molar refractivity (Wildman–Crippen MR) is 117 cm³/mol. The minimum atomic E-state index is -0.687. The van der Waals surface area contributed by atoms with Gasteiger partial charge in [0.1, 0.15) is 6.04 Å². The summed E-state index contributed by atoms with van der Waals surface area (Å²) in [6.07, 6.45) is 0.623. The molecule has 1 N–H and O–H groups in total. The molecule has 2 aromatic carbocycles. The van der Waals surface area contributed by atoms with Crippen LogP contribution in [0.15, 0.2) is 42.5 Å². The summed E-state index contributed by atoms with van der Waals surface area (Å²) >= 11 is 12.1. The molecule has 1 atom stereocenters. The molecule has 0 radical (unpaired) electrons. The first kappa shape index (κ1) is 20.7. The number of methoxy groups -OCH3 is 1. The van der Waals surface area contributed by atoms with Gasteiger partial charge >= 0.3 is 0 Å². The molecule has 156 valence electrons. The zero-order chi connectivity index (χ0) is 21.3. The van der Waals surface area contributed by atoms with Gasteiger partial charge in [0.05, 0.1) is 28.2 Å². The first-order valence-electron chi connectivity index (χ1n) is 9.52. The van der Waals surface area contributed by atoms with Gasteiger partial charge in [0, 0.05) is 25.3 Å². The first-order chi connectivity index (χ1) is 14.5. The number of para-hydroxylation sites is 2. The molecule has 0 unspecified atom stereocenters. The van der Waals surface area contributed by atoms with Crippen LogP contribution in [0.25, 0.3) is 11.0 Å². The third-order valence-corrected chi connectivity index (χ3v) is 5.56. The van der Waals surface area contributed by atoms with Crippen molar-refractivity contribution in [3.63, 3.8) is 0 Å². The number of amides is 2. The number of hydrogen-bond donors (Lipinski definition) is 1. The minimum absolute atomic E-state index is 0.0458. The highest BCUT2D eigenvalue weighted by Gasteiger charge is 2.40. The third kappa shape index (κ3) is 3.88.